The Labute approximate surface area is 166 Å². The van der Waals surface area contributed by atoms with Gasteiger partial charge in [-0.25, -0.2) is 8.42 Å². The Balaban J connectivity index is 1.69. The Bertz CT molecular complexity index is 918. The van der Waals surface area contributed by atoms with Crippen molar-refractivity contribution < 1.29 is 17.9 Å². The van der Waals surface area contributed by atoms with E-state index in [1.807, 2.05) is 12.1 Å². The monoisotopic (exact) mass is 402 g/mol. The Hall–Kier alpha value is -2.54. The zero-order valence-corrected chi connectivity index (χ0v) is 17.0. The summed E-state index contributed by atoms with van der Waals surface area (Å²) in [7, 11) is -2.16. The van der Waals surface area contributed by atoms with E-state index in [-0.39, 0.29) is 10.8 Å². The molecule has 1 aliphatic carbocycles. The summed E-state index contributed by atoms with van der Waals surface area (Å²) in [6.07, 6.45) is 3.65. The fourth-order valence-electron chi connectivity index (χ4n) is 3.15. The molecule has 0 spiro atoms. The standard InChI is InChI=1S/C21H26N2O4S/c1-3-4-15-22-20(24)21(13-14-21)16-5-7-17(8-6-16)23-28(25,26)19-11-9-18(27-2)10-12-19/h5-12,23H,3-4,13-15H2,1-2H3,(H,22,24). The van der Waals surface area contributed by atoms with Crippen LogP contribution in [0.15, 0.2) is 53.4 Å². The van der Waals surface area contributed by atoms with Crippen molar-refractivity contribution in [1.29, 1.82) is 0 Å². The molecule has 28 heavy (non-hydrogen) atoms. The molecule has 1 amide bonds. The highest BCUT2D eigenvalue weighted by molar-refractivity contribution is 7.92. The first kappa shape index (κ1) is 20.2. The second-order valence-corrected chi connectivity index (χ2v) is 8.73. The predicted octanol–water partition coefficient (Wildman–Crippen LogP) is 3.44. The number of hydrogen-bond acceptors (Lipinski definition) is 4. The zero-order chi connectivity index (χ0) is 20.2. The number of benzene rings is 2. The summed E-state index contributed by atoms with van der Waals surface area (Å²) in [6, 6.07) is 13.3. The summed E-state index contributed by atoms with van der Waals surface area (Å²) in [5.41, 5.74) is 0.928. The predicted molar refractivity (Wildman–Crippen MR) is 109 cm³/mol. The summed E-state index contributed by atoms with van der Waals surface area (Å²) >= 11 is 0. The normalized spacial score (nSPS) is 14.9. The molecule has 0 unspecified atom stereocenters. The minimum absolute atomic E-state index is 0.0625. The van der Waals surface area contributed by atoms with Gasteiger partial charge in [0, 0.05) is 12.2 Å². The lowest BCUT2D eigenvalue weighted by Gasteiger charge is -2.16. The Kier molecular flexibility index (Phi) is 5.93. The van der Waals surface area contributed by atoms with Gasteiger partial charge in [-0.3, -0.25) is 9.52 Å². The Morgan fingerprint density at radius 1 is 1.07 bits per heavy atom. The highest BCUT2D eigenvalue weighted by Crippen LogP contribution is 2.48. The number of rotatable bonds is 9. The molecule has 3 rings (SSSR count). The molecule has 2 N–H and O–H groups in total. The topological polar surface area (TPSA) is 84.5 Å². The Morgan fingerprint density at radius 2 is 1.71 bits per heavy atom. The van der Waals surface area contributed by atoms with E-state index in [4.69, 9.17) is 4.74 Å². The highest BCUT2D eigenvalue weighted by atomic mass is 32.2. The second kappa shape index (κ2) is 8.22. The molecular weight excluding hydrogens is 376 g/mol. The molecule has 2 aromatic carbocycles. The summed E-state index contributed by atoms with van der Waals surface area (Å²) in [5, 5.41) is 3.01. The van der Waals surface area contributed by atoms with Gasteiger partial charge in [0.15, 0.2) is 0 Å². The molecule has 0 aliphatic heterocycles. The number of carbonyl (C=O) groups excluding carboxylic acids is 1. The molecule has 0 bridgehead atoms. The van der Waals surface area contributed by atoms with E-state index in [1.54, 1.807) is 24.3 Å². The zero-order valence-electron chi connectivity index (χ0n) is 16.2. The van der Waals surface area contributed by atoms with Crippen LogP contribution in [0.1, 0.15) is 38.2 Å². The van der Waals surface area contributed by atoms with Crippen LogP contribution in [0.2, 0.25) is 0 Å². The largest absolute Gasteiger partial charge is 0.497 e. The SMILES string of the molecule is CCCCNC(=O)C1(c2ccc(NS(=O)(=O)c3ccc(OC)cc3)cc2)CC1. The van der Waals surface area contributed by atoms with E-state index >= 15 is 0 Å². The molecule has 1 fully saturated rings. The second-order valence-electron chi connectivity index (χ2n) is 7.05. The molecule has 150 valence electrons. The lowest BCUT2D eigenvalue weighted by molar-refractivity contribution is -0.123. The Morgan fingerprint density at radius 3 is 2.25 bits per heavy atom. The molecule has 0 heterocycles. The minimum atomic E-state index is -3.69. The molecule has 7 heteroatoms. The van der Waals surface area contributed by atoms with Crippen LogP contribution in [0.25, 0.3) is 0 Å². The third kappa shape index (κ3) is 4.30. The summed E-state index contributed by atoms with van der Waals surface area (Å²) in [4.78, 5) is 12.7. The maximum absolute atomic E-state index is 12.5. The first-order chi connectivity index (χ1) is 13.4. The lowest BCUT2D eigenvalue weighted by Crippen LogP contribution is -2.35. The summed E-state index contributed by atoms with van der Waals surface area (Å²) < 4.78 is 32.7. The van der Waals surface area contributed by atoms with E-state index in [0.29, 0.717) is 18.0 Å². The van der Waals surface area contributed by atoms with Gasteiger partial charge >= 0.3 is 0 Å². The molecule has 1 saturated carbocycles. The maximum Gasteiger partial charge on any atom is 0.261 e. The van der Waals surface area contributed by atoms with E-state index in [1.165, 1.54) is 19.2 Å². The van der Waals surface area contributed by atoms with E-state index in [2.05, 4.69) is 17.0 Å². The van der Waals surface area contributed by atoms with Crippen molar-refractivity contribution in [2.24, 2.45) is 0 Å². The van der Waals surface area contributed by atoms with E-state index < -0.39 is 15.4 Å². The molecule has 0 atom stereocenters. The number of unbranched alkanes of at least 4 members (excludes halogenated alkanes) is 1. The van der Waals surface area contributed by atoms with Gasteiger partial charge < -0.3 is 10.1 Å². The van der Waals surface area contributed by atoms with Crippen LogP contribution in [0.5, 0.6) is 5.75 Å². The molecule has 1 aliphatic rings. The van der Waals surface area contributed by atoms with Gasteiger partial charge in [-0.15, -0.1) is 0 Å². The van der Waals surface area contributed by atoms with Crippen LogP contribution >= 0.6 is 0 Å². The van der Waals surface area contributed by atoms with Gasteiger partial charge in [-0.1, -0.05) is 25.5 Å². The van der Waals surface area contributed by atoms with Gasteiger partial charge in [0.25, 0.3) is 10.0 Å². The van der Waals surface area contributed by atoms with Crippen LogP contribution < -0.4 is 14.8 Å². The number of amides is 1. The van der Waals surface area contributed by atoms with Gasteiger partial charge in [0.1, 0.15) is 5.75 Å². The van der Waals surface area contributed by atoms with Crippen molar-refractivity contribution in [3.05, 3.63) is 54.1 Å². The molecule has 0 aromatic heterocycles. The number of methoxy groups -OCH3 is 1. The number of hydrogen-bond donors (Lipinski definition) is 2. The summed E-state index contributed by atoms with van der Waals surface area (Å²) in [6.45, 7) is 2.78. The number of anilines is 1. The van der Waals surface area contributed by atoms with E-state index in [0.717, 1.165) is 31.2 Å². The van der Waals surface area contributed by atoms with Crippen molar-refractivity contribution in [2.75, 3.05) is 18.4 Å². The van der Waals surface area contributed by atoms with Crippen LogP contribution in [0.4, 0.5) is 5.69 Å². The van der Waals surface area contributed by atoms with Crippen molar-refractivity contribution in [1.82, 2.24) is 5.32 Å². The van der Waals surface area contributed by atoms with Crippen LogP contribution in [-0.2, 0) is 20.2 Å². The molecule has 0 saturated heterocycles. The number of sulfonamides is 1. The first-order valence-corrected chi connectivity index (χ1v) is 11.0. The minimum Gasteiger partial charge on any atom is -0.497 e. The average molecular weight is 403 g/mol. The number of carbonyl (C=O) groups is 1. The molecule has 6 nitrogen and oxygen atoms in total. The summed E-state index contributed by atoms with van der Waals surface area (Å²) in [5.74, 6) is 0.655. The third-order valence-electron chi connectivity index (χ3n) is 5.06. The van der Waals surface area contributed by atoms with Gasteiger partial charge in [-0.05, 0) is 61.2 Å². The fraction of sp³-hybridized carbons (Fsp3) is 0.381. The maximum atomic E-state index is 12.5. The van der Waals surface area contributed by atoms with Crippen molar-refractivity contribution in [2.45, 2.75) is 42.9 Å². The van der Waals surface area contributed by atoms with Gasteiger partial charge in [0.2, 0.25) is 5.91 Å². The average Bonchev–Trinajstić information content (AvgIpc) is 3.50. The molecule has 0 radical (unpaired) electrons. The van der Waals surface area contributed by atoms with Gasteiger partial charge in [-0.2, -0.15) is 0 Å². The fourth-order valence-corrected chi connectivity index (χ4v) is 4.20. The molecule has 2 aromatic rings. The number of nitrogens with one attached hydrogen (secondary N) is 2. The molecular formula is C21H26N2O4S. The smallest absolute Gasteiger partial charge is 0.261 e. The van der Waals surface area contributed by atoms with Crippen LogP contribution in [0, 0.1) is 0 Å². The first-order valence-electron chi connectivity index (χ1n) is 9.47. The van der Waals surface area contributed by atoms with Crippen molar-refractivity contribution in [3.8, 4) is 5.75 Å². The van der Waals surface area contributed by atoms with Crippen LogP contribution in [0.3, 0.4) is 0 Å². The van der Waals surface area contributed by atoms with Gasteiger partial charge in [0.05, 0.1) is 17.4 Å². The third-order valence-corrected chi connectivity index (χ3v) is 6.46. The van der Waals surface area contributed by atoms with Crippen molar-refractivity contribution >= 4 is 21.6 Å². The lowest BCUT2D eigenvalue weighted by atomic mass is 9.94. The number of ether oxygens (including phenoxy) is 1. The quantitative estimate of drug-likeness (QED) is 0.629. The van der Waals surface area contributed by atoms with Crippen LogP contribution in [-0.4, -0.2) is 28.0 Å². The van der Waals surface area contributed by atoms with Crippen molar-refractivity contribution in [3.63, 3.8) is 0 Å². The van der Waals surface area contributed by atoms with E-state index in [9.17, 15) is 13.2 Å². The highest BCUT2D eigenvalue weighted by Gasteiger charge is 2.50.